The van der Waals surface area contributed by atoms with Crippen LogP contribution in [0.1, 0.15) is 6.42 Å². The lowest BCUT2D eigenvalue weighted by molar-refractivity contribution is -0.385. The summed E-state index contributed by atoms with van der Waals surface area (Å²) >= 11 is 0. The molecule has 19 heavy (non-hydrogen) atoms. The van der Waals surface area contributed by atoms with Gasteiger partial charge in [-0.25, -0.2) is 0 Å². The Balaban J connectivity index is 2.95. The lowest BCUT2D eigenvalue weighted by atomic mass is 10.2. The third kappa shape index (κ3) is 3.65. The van der Waals surface area contributed by atoms with Gasteiger partial charge in [0, 0.05) is 32.0 Å². The fraction of sp³-hybridized carbons (Fsp3) is 0.417. The van der Waals surface area contributed by atoms with Gasteiger partial charge in [-0.3, -0.25) is 14.9 Å². The van der Waals surface area contributed by atoms with Gasteiger partial charge in [0.2, 0.25) is 5.91 Å². The molecule has 1 aromatic carbocycles. The Morgan fingerprint density at radius 2 is 2.11 bits per heavy atom. The summed E-state index contributed by atoms with van der Waals surface area (Å²) in [7, 11) is 4.46. The number of rotatable bonds is 6. The highest BCUT2D eigenvalue weighted by Gasteiger charge is 2.18. The minimum Gasteiger partial charge on any atom is -0.490 e. The van der Waals surface area contributed by atoms with Gasteiger partial charge in [-0.1, -0.05) is 0 Å². The molecule has 0 radical (unpaired) electrons. The maximum atomic E-state index is 11.8. The summed E-state index contributed by atoms with van der Waals surface area (Å²) in [6.45, 7) is 0.327. The lowest BCUT2D eigenvalue weighted by Gasteiger charge is -2.17. The number of hydrogen-bond donors (Lipinski definition) is 0. The average Bonchev–Trinajstić information content (AvgIpc) is 2.42. The van der Waals surface area contributed by atoms with Crippen molar-refractivity contribution in [3.8, 4) is 5.75 Å². The molecule has 0 fully saturated rings. The molecule has 7 nitrogen and oxygen atoms in total. The highest BCUT2D eigenvalue weighted by molar-refractivity contribution is 5.93. The predicted octanol–water partition coefficient (Wildman–Crippen LogP) is 1.60. The van der Waals surface area contributed by atoms with Gasteiger partial charge in [0.05, 0.1) is 25.1 Å². The number of nitrogens with zero attached hydrogens (tertiary/aromatic N) is 2. The van der Waals surface area contributed by atoms with Gasteiger partial charge in [-0.2, -0.15) is 0 Å². The first-order valence-electron chi connectivity index (χ1n) is 5.59. The van der Waals surface area contributed by atoms with Crippen molar-refractivity contribution in [2.45, 2.75) is 6.42 Å². The predicted molar refractivity (Wildman–Crippen MR) is 69.6 cm³/mol. The van der Waals surface area contributed by atoms with Gasteiger partial charge in [-0.05, 0) is 6.07 Å². The van der Waals surface area contributed by atoms with E-state index < -0.39 is 4.92 Å². The van der Waals surface area contributed by atoms with Crippen molar-refractivity contribution in [2.75, 3.05) is 32.8 Å². The number of nitro benzene ring substituents is 1. The average molecular weight is 268 g/mol. The molecule has 0 saturated heterocycles. The minimum atomic E-state index is -0.532. The van der Waals surface area contributed by atoms with Crippen LogP contribution in [0.2, 0.25) is 0 Å². The van der Waals surface area contributed by atoms with Gasteiger partial charge in [0.1, 0.15) is 0 Å². The second-order valence-corrected chi connectivity index (χ2v) is 3.81. The molecule has 0 unspecified atom stereocenters. The second-order valence-electron chi connectivity index (χ2n) is 3.81. The van der Waals surface area contributed by atoms with Crippen LogP contribution in [0.5, 0.6) is 5.75 Å². The third-order valence-electron chi connectivity index (χ3n) is 2.64. The zero-order valence-electron chi connectivity index (χ0n) is 11.1. The van der Waals surface area contributed by atoms with Crippen molar-refractivity contribution in [2.24, 2.45) is 0 Å². The van der Waals surface area contributed by atoms with E-state index in [0.29, 0.717) is 12.3 Å². The van der Waals surface area contributed by atoms with Crippen LogP contribution in [0.4, 0.5) is 11.4 Å². The topological polar surface area (TPSA) is 81.9 Å². The molecule has 7 heteroatoms. The van der Waals surface area contributed by atoms with Crippen LogP contribution in [0.15, 0.2) is 18.2 Å². The Kier molecular flexibility index (Phi) is 5.25. The molecule has 0 aromatic heterocycles. The number of nitro groups is 1. The van der Waals surface area contributed by atoms with Crippen LogP contribution in [0.25, 0.3) is 0 Å². The summed E-state index contributed by atoms with van der Waals surface area (Å²) in [6.07, 6.45) is 0.242. The van der Waals surface area contributed by atoms with E-state index in [-0.39, 0.29) is 23.8 Å². The largest absolute Gasteiger partial charge is 0.490 e. The summed E-state index contributed by atoms with van der Waals surface area (Å²) in [5.41, 5.74) is 0.396. The van der Waals surface area contributed by atoms with Crippen molar-refractivity contribution in [1.29, 1.82) is 0 Å². The zero-order chi connectivity index (χ0) is 14.4. The van der Waals surface area contributed by atoms with Crippen molar-refractivity contribution >= 4 is 17.3 Å². The van der Waals surface area contributed by atoms with Gasteiger partial charge in [-0.15, -0.1) is 0 Å². The number of amides is 1. The Bertz CT molecular complexity index is 475. The Morgan fingerprint density at radius 3 is 2.63 bits per heavy atom. The van der Waals surface area contributed by atoms with Crippen molar-refractivity contribution in [3.05, 3.63) is 28.3 Å². The number of benzene rings is 1. The summed E-state index contributed by atoms with van der Waals surface area (Å²) in [5.74, 6) is -0.0216. The number of methoxy groups -OCH3 is 2. The number of carbonyl (C=O) groups excluding carboxylic acids is 1. The van der Waals surface area contributed by atoms with E-state index in [4.69, 9.17) is 9.47 Å². The van der Waals surface area contributed by atoms with E-state index in [2.05, 4.69) is 0 Å². The van der Waals surface area contributed by atoms with Crippen LogP contribution in [-0.2, 0) is 9.53 Å². The van der Waals surface area contributed by atoms with Crippen LogP contribution in [-0.4, -0.2) is 38.7 Å². The second kappa shape index (κ2) is 6.69. The Hall–Kier alpha value is -2.15. The molecule has 104 valence electrons. The number of anilines is 1. The van der Waals surface area contributed by atoms with Gasteiger partial charge in [0.15, 0.2) is 5.75 Å². The number of carbonyl (C=O) groups is 1. The minimum absolute atomic E-state index is 0.119. The molecule has 0 heterocycles. The fourth-order valence-corrected chi connectivity index (χ4v) is 1.53. The molecule has 0 bridgehead atoms. The van der Waals surface area contributed by atoms with E-state index in [0.717, 1.165) is 0 Å². The van der Waals surface area contributed by atoms with E-state index >= 15 is 0 Å². The molecular formula is C12H16N2O5. The normalized spacial score (nSPS) is 10.1. The third-order valence-corrected chi connectivity index (χ3v) is 2.64. The van der Waals surface area contributed by atoms with Crippen LogP contribution < -0.4 is 9.64 Å². The Labute approximate surface area is 110 Å². The van der Waals surface area contributed by atoms with Crippen molar-refractivity contribution in [3.63, 3.8) is 0 Å². The standard InChI is InChI=1S/C12H16N2O5/c1-13(12(15)6-7-18-2)9-4-5-10(14(16)17)11(8-9)19-3/h4-5,8H,6-7H2,1-3H3. The van der Waals surface area contributed by atoms with Crippen molar-refractivity contribution in [1.82, 2.24) is 0 Å². The molecule has 0 spiro atoms. The molecule has 1 amide bonds. The number of hydrogen-bond acceptors (Lipinski definition) is 5. The van der Waals surface area contributed by atoms with Gasteiger partial charge >= 0.3 is 5.69 Å². The summed E-state index contributed by atoms with van der Waals surface area (Å²) in [4.78, 5) is 23.4. The fourth-order valence-electron chi connectivity index (χ4n) is 1.53. The molecule has 0 aliphatic carbocycles. The molecule has 0 aliphatic heterocycles. The summed E-state index contributed by atoms with van der Waals surface area (Å²) in [5, 5.41) is 10.8. The monoisotopic (exact) mass is 268 g/mol. The van der Waals surface area contributed by atoms with Gasteiger partial charge < -0.3 is 14.4 Å². The van der Waals surface area contributed by atoms with E-state index in [9.17, 15) is 14.9 Å². The molecule has 1 aromatic rings. The molecule has 0 aliphatic rings. The zero-order valence-corrected chi connectivity index (χ0v) is 11.1. The number of ether oxygens (including phenoxy) is 2. The first-order chi connectivity index (χ1) is 9.01. The molecule has 0 atom stereocenters. The molecule has 1 rings (SSSR count). The SMILES string of the molecule is COCCC(=O)N(C)c1ccc([N+](=O)[O-])c(OC)c1. The van der Waals surface area contributed by atoms with E-state index in [1.165, 1.54) is 37.3 Å². The quantitative estimate of drug-likeness (QED) is 0.578. The lowest BCUT2D eigenvalue weighted by Crippen LogP contribution is -2.27. The maximum absolute atomic E-state index is 11.8. The molecule has 0 saturated carbocycles. The molecular weight excluding hydrogens is 252 g/mol. The maximum Gasteiger partial charge on any atom is 0.311 e. The highest BCUT2D eigenvalue weighted by atomic mass is 16.6. The van der Waals surface area contributed by atoms with Gasteiger partial charge in [0.25, 0.3) is 0 Å². The van der Waals surface area contributed by atoms with Crippen LogP contribution in [0, 0.1) is 10.1 Å². The van der Waals surface area contributed by atoms with Crippen LogP contribution >= 0.6 is 0 Å². The first kappa shape index (κ1) is 14.9. The van der Waals surface area contributed by atoms with Crippen LogP contribution in [0.3, 0.4) is 0 Å². The van der Waals surface area contributed by atoms with E-state index in [1.54, 1.807) is 7.05 Å². The first-order valence-corrected chi connectivity index (χ1v) is 5.59. The van der Waals surface area contributed by atoms with E-state index in [1.807, 2.05) is 0 Å². The highest BCUT2D eigenvalue weighted by Crippen LogP contribution is 2.31. The smallest absolute Gasteiger partial charge is 0.311 e. The summed E-state index contributed by atoms with van der Waals surface area (Å²) < 4.78 is 9.79. The van der Waals surface area contributed by atoms with Crippen molar-refractivity contribution < 1.29 is 19.2 Å². The Morgan fingerprint density at radius 1 is 1.42 bits per heavy atom. The molecule has 0 N–H and O–H groups in total. The summed E-state index contributed by atoms with van der Waals surface area (Å²) in [6, 6.07) is 4.28.